The molecule has 0 unspecified atom stereocenters. The summed E-state index contributed by atoms with van der Waals surface area (Å²) in [6.07, 6.45) is 11.0. The fourth-order valence-corrected chi connectivity index (χ4v) is 7.52. The number of carboxylic acids is 1. The van der Waals surface area contributed by atoms with E-state index in [2.05, 4.69) is 11.8 Å². The second-order valence-corrected chi connectivity index (χ2v) is 11.9. The molecule has 0 spiro atoms. The minimum Gasteiger partial charge on any atom is -0.478 e. The molecule has 0 fully saturated rings. The third-order valence-electron chi connectivity index (χ3n) is 7.20. The Hall–Kier alpha value is -5.81. The van der Waals surface area contributed by atoms with Crippen LogP contribution < -0.4 is 22.2 Å². The van der Waals surface area contributed by atoms with Gasteiger partial charge in [0.2, 0.25) is 0 Å². The molecule has 1 N–H and O–H groups in total. The van der Waals surface area contributed by atoms with Crippen LogP contribution in [0.3, 0.4) is 0 Å². The predicted molar refractivity (Wildman–Crippen MR) is 170 cm³/mol. The van der Waals surface area contributed by atoms with Crippen molar-refractivity contribution in [3.8, 4) is 36.1 Å². The van der Waals surface area contributed by atoms with E-state index in [4.69, 9.17) is 12.8 Å². The molecule has 4 aromatic carbocycles. The van der Waals surface area contributed by atoms with Crippen LogP contribution in [-0.4, -0.2) is 20.2 Å². The molecular formula is C33H14N2O6S2. The summed E-state index contributed by atoms with van der Waals surface area (Å²) in [4.78, 5) is 65.2. The Morgan fingerprint density at radius 1 is 0.605 bits per heavy atom. The first kappa shape index (κ1) is 26.1. The van der Waals surface area contributed by atoms with Crippen LogP contribution in [0.5, 0.6) is 0 Å². The van der Waals surface area contributed by atoms with Gasteiger partial charge in [0.05, 0.1) is 38.5 Å². The number of rotatable bonds is 3. The molecule has 43 heavy (non-hydrogen) atoms. The SMILES string of the molecule is C#Cc1cccc(-n2c(=O)c3cc4sc5cc6c(=O)n(-c7cc(C#C)cc(C(=O)O)c7)c(=O)c6cc5sc4cc3c2=O)c1. The summed E-state index contributed by atoms with van der Waals surface area (Å²) in [6, 6.07) is 17.1. The molecule has 0 aliphatic heterocycles. The van der Waals surface area contributed by atoms with Gasteiger partial charge >= 0.3 is 5.97 Å². The summed E-state index contributed by atoms with van der Waals surface area (Å²) in [6.45, 7) is 0. The average molecular weight is 599 g/mol. The molecule has 7 rings (SSSR count). The van der Waals surface area contributed by atoms with E-state index in [1.54, 1.807) is 48.5 Å². The molecule has 0 amide bonds. The number of hydrogen-bond donors (Lipinski definition) is 1. The summed E-state index contributed by atoms with van der Waals surface area (Å²) >= 11 is 2.64. The number of hydrogen-bond acceptors (Lipinski definition) is 7. The monoisotopic (exact) mass is 598 g/mol. The highest BCUT2D eigenvalue weighted by Crippen LogP contribution is 2.36. The predicted octanol–water partition coefficient (Wildman–Crippen LogP) is 4.54. The molecule has 0 saturated carbocycles. The fraction of sp³-hybridized carbons (Fsp3) is 0. The average Bonchev–Trinajstić information content (AvgIpc) is 3.40. The van der Waals surface area contributed by atoms with Crippen LogP contribution in [0.15, 0.2) is 85.9 Å². The minimum absolute atomic E-state index is 0.0615. The summed E-state index contributed by atoms with van der Waals surface area (Å²) in [5.74, 6) is 3.62. The van der Waals surface area contributed by atoms with E-state index in [0.717, 1.165) is 18.5 Å². The lowest BCUT2D eigenvalue weighted by atomic mass is 10.1. The highest BCUT2D eigenvalue weighted by atomic mass is 32.1. The van der Waals surface area contributed by atoms with Gasteiger partial charge in [0.1, 0.15) is 0 Å². The zero-order valence-electron chi connectivity index (χ0n) is 21.7. The number of carboxylic acid groups (broad SMARTS) is 1. The van der Waals surface area contributed by atoms with Crippen molar-refractivity contribution in [2.45, 2.75) is 0 Å². The first-order chi connectivity index (χ1) is 20.7. The number of nitrogens with zero attached hydrogens (tertiary/aromatic N) is 2. The molecule has 3 heterocycles. The van der Waals surface area contributed by atoms with Crippen molar-refractivity contribution in [1.82, 2.24) is 9.13 Å². The fourth-order valence-electron chi connectivity index (χ4n) is 5.20. The second kappa shape index (κ2) is 9.36. The lowest BCUT2D eigenvalue weighted by molar-refractivity contribution is 0.0696. The van der Waals surface area contributed by atoms with E-state index in [1.165, 1.54) is 40.9 Å². The Morgan fingerprint density at radius 3 is 1.49 bits per heavy atom. The maximum Gasteiger partial charge on any atom is 0.335 e. The summed E-state index contributed by atoms with van der Waals surface area (Å²) in [7, 11) is 0. The van der Waals surface area contributed by atoms with Crippen LogP contribution in [-0.2, 0) is 0 Å². The minimum atomic E-state index is -1.25. The number of carbonyl (C=O) groups is 1. The van der Waals surface area contributed by atoms with Crippen LogP contribution in [0.25, 0.3) is 51.7 Å². The highest BCUT2D eigenvalue weighted by Gasteiger charge is 2.20. The molecule has 3 aromatic heterocycles. The lowest BCUT2D eigenvalue weighted by Crippen LogP contribution is -2.23. The van der Waals surface area contributed by atoms with Crippen LogP contribution in [0.4, 0.5) is 0 Å². The van der Waals surface area contributed by atoms with Gasteiger partial charge in [0.25, 0.3) is 22.2 Å². The Balaban J connectivity index is 1.46. The van der Waals surface area contributed by atoms with Crippen molar-refractivity contribution in [2.24, 2.45) is 0 Å². The zero-order valence-corrected chi connectivity index (χ0v) is 23.3. The van der Waals surface area contributed by atoms with Crippen molar-refractivity contribution >= 4 is 69.0 Å². The van der Waals surface area contributed by atoms with Crippen molar-refractivity contribution in [3.05, 3.63) is 125 Å². The van der Waals surface area contributed by atoms with E-state index < -0.39 is 28.2 Å². The van der Waals surface area contributed by atoms with Crippen molar-refractivity contribution < 1.29 is 9.90 Å². The standard InChI is InChI=1S/C33H14N2O6S2/c1-3-16-6-5-7-19(9-16)34-29(36)21-12-25-26(13-22(21)30(34)37)43-28-15-24-23(14-27(28)42-25)31(38)35(32(24)39)20-10-17(4-2)8-18(11-20)33(40)41/h1-2,5-15H,(H,40,41). The van der Waals surface area contributed by atoms with E-state index in [1.807, 2.05) is 0 Å². The van der Waals surface area contributed by atoms with Crippen LogP contribution in [0, 0.1) is 24.7 Å². The molecule has 0 aliphatic rings. The Labute approximate surface area is 248 Å². The molecule has 0 aliphatic carbocycles. The third kappa shape index (κ3) is 3.90. The maximum atomic E-state index is 13.5. The highest BCUT2D eigenvalue weighted by molar-refractivity contribution is 7.36. The van der Waals surface area contributed by atoms with E-state index in [0.29, 0.717) is 20.7 Å². The van der Waals surface area contributed by atoms with Gasteiger partial charge in [-0.25, -0.2) is 13.9 Å². The summed E-state index contributed by atoms with van der Waals surface area (Å²) in [5, 5.41) is 10.3. The molecular weight excluding hydrogens is 585 g/mol. The largest absolute Gasteiger partial charge is 0.478 e. The third-order valence-corrected chi connectivity index (χ3v) is 9.69. The van der Waals surface area contributed by atoms with Gasteiger partial charge < -0.3 is 5.11 Å². The van der Waals surface area contributed by atoms with Gasteiger partial charge in [0, 0.05) is 29.9 Å². The Kier molecular flexibility index (Phi) is 5.68. The molecule has 0 saturated heterocycles. The van der Waals surface area contributed by atoms with Crippen molar-refractivity contribution in [3.63, 3.8) is 0 Å². The smallest absolute Gasteiger partial charge is 0.335 e. The summed E-state index contributed by atoms with van der Waals surface area (Å²) in [5.41, 5.74) is -1.10. The lowest BCUT2D eigenvalue weighted by Gasteiger charge is -2.04. The second-order valence-electron chi connectivity index (χ2n) is 9.70. The quantitative estimate of drug-likeness (QED) is 0.236. The normalized spacial score (nSPS) is 11.3. The van der Waals surface area contributed by atoms with Gasteiger partial charge in [-0.2, -0.15) is 0 Å². The van der Waals surface area contributed by atoms with Crippen LogP contribution in [0.1, 0.15) is 21.5 Å². The van der Waals surface area contributed by atoms with Gasteiger partial charge in [0.15, 0.2) is 0 Å². The molecule has 10 heteroatoms. The van der Waals surface area contributed by atoms with Crippen LogP contribution in [0.2, 0.25) is 0 Å². The van der Waals surface area contributed by atoms with E-state index in [9.17, 15) is 29.1 Å². The molecule has 7 aromatic rings. The topological polar surface area (TPSA) is 115 Å². The molecule has 204 valence electrons. The Morgan fingerprint density at radius 2 is 1.05 bits per heavy atom. The van der Waals surface area contributed by atoms with Gasteiger partial charge in [-0.05, 0) is 60.7 Å². The van der Waals surface area contributed by atoms with Crippen molar-refractivity contribution in [1.29, 1.82) is 0 Å². The van der Waals surface area contributed by atoms with Gasteiger partial charge in [-0.15, -0.1) is 35.5 Å². The van der Waals surface area contributed by atoms with Gasteiger partial charge in [-0.3, -0.25) is 19.2 Å². The zero-order chi connectivity index (χ0) is 30.2. The maximum absolute atomic E-state index is 13.5. The van der Waals surface area contributed by atoms with Gasteiger partial charge in [-0.1, -0.05) is 17.9 Å². The number of benzene rings is 4. The van der Waals surface area contributed by atoms with Crippen LogP contribution >= 0.6 is 22.7 Å². The summed E-state index contributed by atoms with van der Waals surface area (Å²) < 4.78 is 4.85. The molecule has 0 bridgehead atoms. The molecule has 8 nitrogen and oxygen atoms in total. The number of aromatic nitrogens is 2. The van der Waals surface area contributed by atoms with E-state index >= 15 is 0 Å². The van der Waals surface area contributed by atoms with E-state index in [-0.39, 0.29) is 38.4 Å². The first-order valence-electron chi connectivity index (χ1n) is 12.6. The van der Waals surface area contributed by atoms with Crippen molar-refractivity contribution in [2.75, 3.05) is 0 Å². The first-order valence-corrected chi connectivity index (χ1v) is 14.2. The number of terminal acetylenes is 2. The number of fused-ring (bicyclic) bond motifs is 4. The molecule has 0 atom stereocenters. The number of aromatic carboxylic acids is 1. The Bertz CT molecular complexity index is 2600. The molecule has 0 radical (unpaired) electrons.